The van der Waals surface area contributed by atoms with Gasteiger partial charge in [0.05, 0.1) is 44.6 Å². The summed E-state index contributed by atoms with van der Waals surface area (Å²) in [6.45, 7) is 23.6. The highest BCUT2D eigenvalue weighted by Crippen LogP contribution is 2.43. The molecule has 0 atom stereocenters. The van der Waals surface area contributed by atoms with Crippen molar-refractivity contribution in [2.75, 3.05) is 0 Å². The average Bonchev–Trinajstić information content (AvgIpc) is 3.06. The van der Waals surface area contributed by atoms with Gasteiger partial charge in [-0.15, -0.1) is 0 Å². The molecule has 0 saturated heterocycles. The van der Waals surface area contributed by atoms with Crippen LogP contribution in [0.4, 0.5) is 0 Å². The van der Waals surface area contributed by atoms with Crippen molar-refractivity contribution in [3.05, 3.63) is 273 Å². The number of nitrogens with zero attached hydrogens (tertiary/aromatic N) is 4. The Labute approximate surface area is 488 Å². The van der Waals surface area contributed by atoms with Gasteiger partial charge in [-0.3, -0.25) is 0 Å². The second-order valence-electron chi connectivity index (χ2n) is 23.1. The standard InChI is InChI=1S/C70H54N4.C9H12/c1-41-9-21-57(45(5)29-41)51-17-25-61-62-26-18-52(58-22-10-42(2)30-46(58)6)36-68(62)73(67(61)35-51)65-33-49(13-15-55(65)39-71)50-14-16-56(40-72)66(34-50)74-69-37-53(59-23-11-43(3)31-47(59)7)19-27-63(69)64-28-20-54(38-70(64)74)60-24-12-44(4)32-48(60)8;1-7-4-5-8(2)9(3)6-7/h9-38H,1-8H3;4-6H,1-3H3. The SMILES string of the molecule is Cc1ccc(-c2ccc3c4ccc(-c5ccc(C)cc5C)cc4n(-c4cc(-c5ccc(C#N)c(-n6c7cc(-c8ccc(C)cc8C)ccc7c7ccc(-c8ccc(C)cc8C)cc76)c5)ccc4C#N)c3c2)c(C)c1.Cc1ccc(C)c(C)c1. The highest BCUT2D eigenvalue weighted by Gasteiger charge is 2.22. The van der Waals surface area contributed by atoms with Crippen molar-refractivity contribution < 1.29 is 0 Å². The average molecular weight is 1070 g/mol. The van der Waals surface area contributed by atoms with Crippen LogP contribution in [0, 0.1) is 98.8 Å². The molecule has 0 fully saturated rings. The third-order valence-corrected chi connectivity index (χ3v) is 17.0. The molecule has 4 heteroatoms. The molecular formula is C79H66N4. The first-order chi connectivity index (χ1) is 40.0. The van der Waals surface area contributed by atoms with E-state index in [1.807, 2.05) is 24.3 Å². The molecule has 13 aromatic rings. The van der Waals surface area contributed by atoms with Crippen LogP contribution in [0.1, 0.15) is 72.3 Å². The van der Waals surface area contributed by atoms with Gasteiger partial charge in [0.25, 0.3) is 0 Å². The molecule has 83 heavy (non-hydrogen) atoms. The van der Waals surface area contributed by atoms with Crippen molar-refractivity contribution in [3.63, 3.8) is 0 Å². The van der Waals surface area contributed by atoms with Gasteiger partial charge in [-0.2, -0.15) is 10.5 Å². The highest BCUT2D eigenvalue weighted by molar-refractivity contribution is 6.13. The van der Waals surface area contributed by atoms with Crippen LogP contribution in [0.25, 0.3) is 111 Å². The molecule has 0 aliphatic heterocycles. The van der Waals surface area contributed by atoms with E-state index in [4.69, 9.17) is 0 Å². The number of hydrogen-bond acceptors (Lipinski definition) is 2. The van der Waals surface area contributed by atoms with Gasteiger partial charge < -0.3 is 9.13 Å². The van der Waals surface area contributed by atoms with E-state index in [2.05, 4.69) is 273 Å². The topological polar surface area (TPSA) is 57.4 Å². The minimum Gasteiger partial charge on any atom is -0.308 e. The summed E-state index contributed by atoms with van der Waals surface area (Å²) in [6.07, 6.45) is 0. The fourth-order valence-corrected chi connectivity index (χ4v) is 12.6. The summed E-state index contributed by atoms with van der Waals surface area (Å²) < 4.78 is 4.60. The number of rotatable bonds is 7. The van der Waals surface area contributed by atoms with Gasteiger partial charge in [-0.25, -0.2) is 0 Å². The number of benzene rings is 11. The van der Waals surface area contributed by atoms with Crippen molar-refractivity contribution in [2.45, 2.75) is 76.2 Å². The van der Waals surface area contributed by atoms with Crippen LogP contribution in [0.3, 0.4) is 0 Å². The van der Waals surface area contributed by atoms with Gasteiger partial charge >= 0.3 is 0 Å². The van der Waals surface area contributed by atoms with E-state index < -0.39 is 0 Å². The predicted molar refractivity (Wildman–Crippen MR) is 350 cm³/mol. The molecule has 0 radical (unpaired) electrons. The maximum absolute atomic E-state index is 11.0. The predicted octanol–water partition coefficient (Wildman–Crippen LogP) is 21.0. The molecule has 4 nitrogen and oxygen atoms in total. The van der Waals surface area contributed by atoms with E-state index in [1.54, 1.807) is 0 Å². The molecule has 0 bridgehead atoms. The maximum Gasteiger partial charge on any atom is 0.101 e. The zero-order valence-electron chi connectivity index (χ0n) is 49.3. The number of aromatic nitrogens is 2. The van der Waals surface area contributed by atoms with Crippen LogP contribution in [0.2, 0.25) is 0 Å². The lowest BCUT2D eigenvalue weighted by Gasteiger charge is -2.16. The Hall–Kier alpha value is -10.0. The van der Waals surface area contributed by atoms with Crippen LogP contribution in [0.5, 0.6) is 0 Å². The van der Waals surface area contributed by atoms with Gasteiger partial charge in [-0.05, 0) is 214 Å². The van der Waals surface area contributed by atoms with Crippen LogP contribution < -0.4 is 0 Å². The summed E-state index contributed by atoms with van der Waals surface area (Å²) >= 11 is 0. The minimum atomic E-state index is 0.565. The maximum atomic E-state index is 11.0. The number of aryl methyl sites for hydroxylation is 11. The first kappa shape index (κ1) is 53.6. The smallest absolute Gasteiger partial charge is 0.101 e. The van der Waals surface area contributed by atoms with E-state index in [9.17, 15) is 10.5 Å². The Morgan fingerprint density at radius 2 is 0.506 bits per heavy atom. The molecule has 13 rings (SSSR count). The van der Waals surface area contributed by atoms with Gasteiger partial charge in [0.15, 0.2) is 0 Å². The third-order valence-electron chi connectivity index (χ3n) is 17.0. The van der Waals surface area contributed by atoms with Gasteiger partial charge in [-0.1, -0.05) is 179 Å². The Morgan fingerprint density at radius 1 is 0.241 bits per heavy atom. The molecule has 2 aromatic heterocycles. The van der Waals surface area contributed by atoms with Crippen molar-refractivity contribution >= 4 is 43.6 Å². The molecule has 0 amide bonds. The summed E-state index contributed by atoms with van der Waals surface area (Å²) in [5.74, 6) is 0. The Kier molecular flexibility index (Phi) is 13.9. The minimum absolute atomic E-state index is 0.565. The first-order valence-electron chi connectivity index (χ1n) is 28.7. The monoisotopic (exact) mass is 1070 g/mol. The van der Waals surface area contributed by atoms with Crippen LogP contribution in [-0.2, 0) is 0 Å². The Morgan fingerprint density at radius 3 is 0.759 bits per heavy atom. The van der Waals surface area contributed by atoms with Crippen molar-refractivity contribution in [1.82, 2.24) is 9.13 Å². The van der Waals surface area contributed by atoms with E-state index in [-0.39, 0.29) is 0 Å². The summed E-state index contributed by atoms with van der Waals surface area (Å²) in [5.41, 5.74) is 31.7. The summed E-state index contributed by atoms with van der Waals surface area (Å²) in [7, 11) is 0. The summed E-state index contributed by atoms with van der Waals surface area (Å²) in [4.78, 5) is 0. The molecule has 11 aromatic carbocycles. The lowest BCUT2D eigenvalue weighted by molar-refractivity contribution is 1.16. The fraction of sp³-hybridized carbons (Fsp3) is 0.139. The van der Waals surface area contributed by atoms with Crippen molar-refractivity contribution in [2.24, 2.45) is 0 Å². The van der Waals surface area contributed by atoms with Crippen LogP contribution in [0.15, 0.2) is 200 Å². The molecule has 0 aliphatic carbocycles. The van der Waals surface area contributed by atoms with E-state index >= 15 is 0 Å². The molecule has 0 saturated carbocycles. The second-order valence-corrected chi connectivity index (χ2v) is 23.1. The lowest BCUT2D eigenvalue weighted by atomic mass is 9.96. The van der Waals surface area contributed by atoms with E-state index in [0.29, 0.717) is 11.1 Å². The zero-order valence-corrected chi connectivity index (χ0v) is 49.3. The highest BCUT2D eigenvalue weighted by atomic mass is 15.0. The zero-order chi connectivity index (χ0) is 58.0. The van der Waals surface area contributed by atoms with E-state index in [1.165, 1.54) is 83.5 Å². The van der Waals surface area contributed by atoms with Crippen molar-refractivity contribution in [1.29, 1.82) is 10.5 Å². The molecule has 402 valence electrons. The van der Waals surface area contributed by atoms with Crippen LogP contribution in [-0.4, -0.2) is 9.13 Å². The Balaban J connectivity index is 0.000000692. The van der Waals surface area contributed by atoms with Crippen molar-refractivity contribution in [3.8, 4) is 79.1 Å². The largest absolute Gasteiger partial charge is 0.308 e. The molecule has 0 N–H and O–H groups in total. The first-order valence-corrected chi connectivity index (χ1v) is 28.7. The molecule has 0 unspecified atom stereocenters. The third kappa shape index (κ3) is 9.88. The molecule has 2 heterocycles. The number of fused-ring (bicyclic) bond motifs is 6. The molecular weight excluding hydrogens is 1000 g/mol. The lowest BCUT2D eigenvalue weighted by Crippen LogP contribution is -2.01. The van der Waals surface area contributed by atoms with Gasteiger partial charge in [0.2, 0.25) is 0 Å². The van der Waals surface area contributed by atoms with Crippen LogP contribution >= 0.6 is 0 Å². The fourth-order valence-electron chi connectivity index (χ4n) is 12.6. The molecule has 0 aliphatic rings. The number of hydrogen-bond donors (Lipinski definition) is 0. The quantitative estimate of drug-likeness (QED) is 0.160. The number of nitriles is 2. The van der Waals surface area contributed by atoms with E-state index in [0.717, 1.165) is 88.4 Å². The second kappa shape index (κ2) is 21.5. The summed E-state index contributed by atoms with van der Waals surface area (Å²) in [6, 6.07) is 77.6. The summed E-state index contributed by atoms with van der Waals surface area (Å²) in [5, 5.41) is 26.5. The van der Waals surface area contributed by atoms with Gasteiger partial charge in [0.1, 0.15) is 12.1 Å². The molecule has 0 spiro atoms. The Bertz CT molecular complexity index is 4380. The normalized spacial score (nSPS) is 11.3. The van der Waals surface area contributed by atoms with Gasteiger partial charge in [0, 0.05) is 21.5 Å².